The Hall–Kier alpha value is -1.18. The van der Waals surface area contributed by atoms with Crippen LogP contribution >= 0.6 is 0 Å². The Balaban J connectivity index is 0.000000219. The molecule has 1 radical (unpaired) electrons. The van der Waals surface area contributed by atoms with Crippen molar-refractivity contribution in [3.05, 3.63) is 66.3 Å². The predicted octanol–water partition coefficient (Wildman–Crippen LogP) is 7.48. The van der Waals surface area contributed by atoms with E-state index in [1.165, 1.54) is 36.5 Å². The number of benzene rings is 1. The topological polar surface area (TPSA) is 0 Å². The number of hydrogen-bond acceptors (Lipinski definition) is 0. The quantitative estimate of drug-likeness (QED) is 0.359. The summed E-state index contributed by atoms with van der Waals surface area (Å²) in [4.78, 5) is 0. The minimum atomic E-state index is 0. The molecule has 0 aromatic heterocycles. The molecule has 0 amide bonds. The fourth-order valence-corrected chi connectivity index (χ4v) is 5.39. The Morgan fingerprint density at radius 1 is 0.889 bits per heavy atom. The molecule has 1 heteroatoms. The van der Waals surface area contributed by atoms with E-state index in [0.29, 0.717) is 0 Å². The van der Waals surface area contributed by atoms with Crippen LogP contribution in [0.1, 0.15) is 57.9 Å². The summed E-state index contributed by atoms with van der Waals surface area (Å²) in [6, 6.07) is 13.6. The van der Waals surface area contributed by atoms with E-state index in [-0.39, 0.29) is 16.8 Å². The minimum absolute atomic E-state index is 0. The molecule has 0 spiro atoms. The van der Waals surface area contributed by atoms with Gasteiger partial charge in [0.1, 0.15) is 0 Å². The molecule has 1 fully saturated rings. The van der Waals surface area contributed by atoms with E-state index in [4.69, 9.17) is 0 Å². The molecule has 5 rings (SSSR count). The van der Waals surface area contributed by atoms with Crippen LogP contribution in [0.25, 0.3) is 10.8 Å². The molecule has 2 bridgehead atoms. The normalized spacial score (nSPS) is 31.0. The first-order chi connectivity index (χ1) is 12.6. The third-order valence-electron chi connectivity index (χ3n) is 6.89. The number of hydrogen-bond donors (Lipinski definition) is 0. The van der Waals surface area contributed by atoms with Gasteiger partial charge in [0.15, 0.2) is 0 Å². The van der Waals surface area contributed by atoms with Crippen LogP contribution in [-0.4, -0.2) is 0 Å². The Morgan fingerprint density at radius 3 is 2.15 bits per heavy atom. The van der Waals surface area contributed by atoms with E-state index in [1.807, 2.05) is 0 Å². The van der Waals surface area contributed by atoms with E-state index in [1.54, 1.807) is 5.56 Å². The maximum absolute atomic E-state index is 2.43. The van der Waals surface area contributed by atoms with Gasteiger partial charge < -0.3 is 0 Å². The summed E-state index contributed by atoms with van der Waals surface area (Å²) in [6.45, 7) is 7.23. The van der Waals surface area contributed by atoms with Gasteiger partial charge in [-0.25, -0.2) is 0 Å². The van der Waals surface area contributed by atoms with Gasteiger partial charge in [-0.15, -0.1) is 40.6 Å². The molecule has 27 heavy (non-hydrogen) atoms. The Bertz CT molecular complexity index is 765. The minimum Gasteiger partial charge on any atom is -0.168 e. The maximum atomic E-state index is 2.43. The number of fused-ring (bicyclic) bond motifs is 3. The van der Waals surface area contributed by atoms with Gasteiger partial charge in [-0.1, -0.05) is 70.4 Å². The molecule has 3 unspecified atom stereocenters. The fraction of sp³-hybridized carbons (Fsp3) is 0.500. The van der Waals surface area contributed by atoms with E-state index in [0.717, 1.165) is 35.5 Å². The molecule has 2 aromatic carbocycles. The van der Waals surface area contributed by atoms with Crippen molar-refractivity contribution in [3.8, 4) is 0 Å². The van der Waals surface area contributed by atoms with Gasteiger partial charge in [0.05, 0.1) is 0 Å². The van der Waals surface area contributed by atoms with Crippen molar-refractivity contribution in [2.75, 3.05) is 0 Å². The van der Waals surface area contributed by atoms with Gasteiger partial charge in [0, 0.05) is 16.8 Å². The smallest absolute Gasteiger partial charge is 0 e. The van der Waals surface area contributed by atoms with Crippen molar-refractivity contribution >= 4 is 10.8 Å². The van der Waals surface area contributed by atoms with E-state index < -0.39 is 0 Å². The average molecular weight is 404 g/mol. The van der Waals surface area contributed by atoms with Crippen molar-refractivity contribution in [1.82, 2.24) is 0 Å². The zero-order valence-corrected chi connectivity index (χ0v) is 17.9. The summed E-state index contributed by atoms with van der Waals surface area (Å²) in [5.41, 5.74) is 1.61. The molecule has 0 aliphatic heterocycles. The summed E-state index contributed by atoms with van der Waals surface area (Å²) in [7, 11) is 0. The standard InChI is InChI=1S/C19H25.C7H8.Co/c1-13(2)16-10-8-14(3)12-19(16)18-11-9-15-6-4-5-7-17(15)18;1-2-7-4-3-6(1)5-7;/h4-7,9,11,13-14,16,19H,8,10,12H2,1-3H3;1-4,6-7H,5H2;/q-1;;. The van der Waals surface area contributed by atoms with Crippen LogP contribution in [-0.2, 0) is 16.8 Å². The van der Waals surface area contributed by atoms with Gasteiger partial charge in [0.25, 0.3) is 0 Å². The van der Waals surface area contributed by atoms with Gasteiger partial charge in [-0.2, -0.15) is 6.07 Å². The molecule has 0 saturated heterocycles. The Morgan fingerprint density at radius 2 is 1.56 bits per heavy atom. The number of rotatable bonds is 2. The van der Waals surface area contributed by atoms with E-state index in [9.17, 15) is 0 Å². The van der Waals surface area contributed by atoms with Crippen LogP contribution in [0.15, 0.2) is 60.7 Å². The third kappa shape index (κ3) is 4.46. The largest absolute Gasteiger partial charge is 0.168 e. The maximum Gasteiger partial charge on any atom is 0 e. The summed E-state index contributed by atoms with van der Waals surface area (Å²) in [5.74, 6) is 4.93. The van der Waals surface area contributed by atoms with Gasteiger partial charge >= 0.3 is 0 Å². The Labute approximate surface area is 175 Å². The van der Waals surface area contributed by atoms with Gasteiger partial charge in [-0.05, 0) is 41.9 Å². The molecular formula is C26H33Co-. The van der Waals surface area contributed by atoms with Crippen LogP contribution in [0, 0.1) is 29.6 Å². The SMILES string of the molecule is C1=CC2C=CC1C2.CC1CCC(C(C)C)C([c-]2ccc3ccccc32)C1.[Co]. The fourth-order valence-electron chi connectivity index (χ4n) is 5.39. The monoisotopic (exact) mass is 404 g/mol. The molecule has 3 atom stereocenters. The second-order valence-electron chi connectivity index (χ2n) is 9.14. The van der Waals surface area contributed by atoms with Gasteiger partial charge in [0.2, 0.25) is 0 Å². The van der Waals surface area contributed by atoms with Crippen molar-refractivity contribution in [2.24, 2.45) is 29.6 Å². The van der Waals surface area contributed by atoms with Crippen LogP contribution in [0.4, 0.5) is 0 Å². The third-order valence-corrected chi connectivity index (χ3v) is 6.89. The molecule has 147 valence electrons. The first kappa shape index (κ1) is 20.5. The molecule has 0 heterocycles. The molecule has 0 nitrogen and oxygen atoms in total. The van der Waals surface area contributed by atoms with Crippen molar-refractivity contribution in [2.45, 2.75) is 52.4 Å². The van der Waals surface area contributed by atoms with Crippen LogP contribution in [0.3, 0.4) is 0 Å². The second-order valence-corrected chi connectivity index (χ2v) is 9.14. The first-order valence-corrected chi connectivity index (χ1v) is 10.6. The second kappa shape index (κ2) is 8.88. The van der Waals surface area contributed by atoms with Crippen molar-refractivity contribution in [1.29, 1.82) is 0 Å². The molecule has 1 saturated carbocycles. The summed E-state index contributed by atoms with van der Waals surface area (Å²) >= 11 is 0. The summed E-state index contributed by atoms with van der Waals surface area (Å²) in [6.07, 6.45) is 14.7. The van der Waals surface area contributed by atoms with Crippen LogP contribution in [0.5, 0.6) is 0 Å². The molecular weight excluding hydrogens is 371 g/mol. The molecule has 3 aliphatic carbocycles. The number of allylic oxidation sites excluding steroid dienone is 4. The zero-order chi connectivity index (χ0) is 18.1. The molecule has 0 N–H and O–H groups in total. The average Bonchev–Trinajstić information content (AvgIpc) is 3.38. The first-order valence-electron chi connectivity index (χ1n) is 10.6. The van der Waals surface area contributed by atoms with Crippen molar-refractivity contribution < 1.29 is 16.8 Å². The van der Waals surface area contributed by atoms with Crippen LogP contribution < -0.4 is 0 Å². The van der Waals surface area contributed by atoms with E-state index in [2.05, 4.69) is 81.5 Å². The predicted molar refractivity (Wildman–Crippen MR) is 114 cm³/mol. The van der Waals surface area contributed by atoms with Crippen LogP contribution in [0.2, 0.25) is 0 Å². The summed E-state index contributed by atoms with van der Waals surface area (Å²) < 4.78 is 0. The summed E-state index contributed by atoms with van der Waals surface area (Å²) in [5, 5.41) is 2.91. The van der Waals surface area contributed by atoms with Gasteiger partial charge in [-0.3, -0.25) is 0 Å². The zero-order valence-electron chi connectivity index (χ0n) is 16.9. The molecule has 3 aliphatic rings. The van der Waals surface area contributed by atoms with Crippen molar-refractivity contribution in [3.63, 3.8) is 0 Å². The Kier molecular flexibility index (Phi) is 6.76. The van der Waals surface area contributed by atoms with E-state index >= 15 is 0 Å². The molecule has 2 aromatic rings.